The second-order valence-electron chi connectivity index (χ2n) is 3.65. The zero-order valence-electron chi connectivity index (χ0n) is 9.03. The molecule has 0 bridgehead atoms. The predicted octanol–water partition coefficient (Wildman–Crippen LogP) is 1.39. The van der Waals surface area contributed by atoms with E-state index < -0.39 is 0 Å². The van der Waals surface area contributed by atoms with Crippen molar-refractivity contribution in [3.63, 3.8) is 0 Å². The summed E-state index contributed by atoms with van der Waals surface area (Å²) < 4.78 is 0. The normalized spacial score (nSPS) is 12.4. The Morgan fingerprint density at radius 1 is 1.67 bits per heavy atom. The van der Waals surface area contributed by atoms with Gasteiger partial charge >= 0.3 is 0 Å². The van der Waals surface area contributed by atoms with E-state index in [1.165, 1.54) is 5.56 Å². The minimum absolute atomic E-state index is 0.0254. The van der Waals surface area contributed by atoms with Crippen molar-refractivity contribution >= 4 is 17.2 Å². The first kappa shape index (κ1) is 12.2. The Kier molecular flexibility index (Phi) is 5.36. The van der Waals surface area contributed by atoms with Crippen LogP contribution in [0, 0.1) is 5.92 Å². The average molecular weight is 226 g/mol. The molecular weight excluding hydrogens is 208 g/mol. The third-order valence-electron chi connectivity index (χ3n) is 2.34. The van der Waals surface area contributed by atoms with Crippen molar-refractivity contribution in [3.05, 3.63) is 22.4 Å². The topological polar surface area (TPSA) is 55.1 Å². The van der Waals surface area contributed by atoms with Crippen LogP contribution in [0.25, 0.3) is 0 Å². The van der Waals surface area contributed by atoms with Crippen LogP contribution in [0.5, 0.6) is 0 Å². The summed E-state index contributed by atoms with van der Waals surface area (Å²) in [5.41, 5.74) is 6.68. The number of nitrogens with two attached hydrogens (primary N) is 1. The SMILES string of the molecule is CC(CCN)C(=O)NCCc1ccsc1. The molecule has 0 spiro atoms. The van der Waals surface area contributed by atoms with Crippen LogP contribution >= 0.6 is 11.3 Å². The highest BCUT2D eigenvalue weighted by molar-refractivity contribution is 7.07. The Balaban J connectivity index is 2.17. The van der Waals surface area contributed by atoms with Crippen molar-refractivity contribution in [1.82, 2.24) is 5.32 Å². The number of hydrogen-bond acceptors (Lipinski definition) is 3. The summed E-state index contributed by atoms with van der Waals surface area (Å²) in [6, 6.07) is 2.08. The molecule has 1 amide bonds. The van der Waals surface area contributed by atoms with Crippen molar-refractivity contribution in [2.45, 2.75) is 19.8 Å². The van der Waals surface area contributed by atoms with Crippen LogP contribution in [-0.4, -0.2) is 19.0 Å². The number of hydrogen-bond donors (Lipinski definition) is 2. The Hall–Kier alpha value is -0.870. The van der Waals surface area contributed by atoms with Gasteiger partial charge in [0.05, 0.1) is 0 Å². The quantitative estimate of drug-likeness (QED) is 0.770. The van der Waals surface area contributed by atoms with E-state index in [2.05, 4.69) is 16.8 Å². The lowest BCUT2D eigenvalue weighted by molar-refractivity contribution is -0.124. The van der Waals surface area contributed by atoms with Crippen LogP contribution in [0.3, 0.4) is 0 Å². The molecule has 1 atom stereocenters. The fraction of sp³-hybridized carbons (Fsp3) is 0.545. The largest absolute Gasteiger partial charge is 0.356 e. The van der Waals surface area contributed by atoms with Crippen LogP contribution in [-0.2, 0) is 11.2 Å². The van der Waals surface area contributed by atoms with E-state index in [1.54, 1.807) is 11.3 Å². The van der Waals surface area contributed by atoms with Crippen molar-refractivity contribution in [1.29, 1.82) is 0 Å². The van der Waals surface area contributed by atoms with Gasteiger partial charge in [-0.3, -0.25) is 4.79 Å². The van der Waals surface area contributed by atoms with Gasteiger partial charge in [0.2, 0.25) is 5.91 Å². The average Bonchev–Trinajstić information content (AvgIpc) is 2.71. The maximum atomic E-state index is 11.5. The minimum atomic E-state index is 0.0254. The first-order chi connectivity index (χ1) is 7.24. The zero-order chi connectivity index (χ0) is 11.1. The Morgan fingerprint density at radius 3 is 3.07 bits per heavy atom. The number of amides is 1. The third-order valence-corrected chi connectivity index (χ3v) is 3.07. The molecule has 3 N–H and O–H groups in total. The monoisotopic (exact) mass is 226 g/mol. The number of nitrogens with one attached hydrogen (secondary N) is 1. The van der Waals surface area contributed by atoms with E-state index in [4.69, 9.17) is 5.73 Å². The van der Waals surface area contributed by atoms with Crippen LogP contribution in [0.1, 0.15) is 18.9 Å². The van der Waals surface area contributed by atoms with Crippen LogP contribution in [0.4, 0.5) is 0 Å². The zero-order valence-corrected chi connectivity index (χ0v) is 9.85. The summed E-state index contributed by atoms with van der Waals surface area (Å²) in [5, 5.41) is 7.07. The molecule has 4 heteroatoms. The number of carbonyl (C=O) groups is 1. The van der Waals surface area contributed by atoms with Gasteiger partial charge in [-0.15, -0.1) is 0 Å². The molecular formula is C11H18N2OS. The lowest BCUT2D eigenvalue weighted by Gasteiger charge is -2.10. The van der Waals surface area contributed by atoms with Gasteiger partial charge in [-0.25, -0.2) is 0 Å². The predicted molar refractivity (Wildman–Crippen MR) is 63.9 cm³/mol. The molecule has 0 saturated heterocycles. The van der Waals surface area contributed by atoms with E-state index in [0.29, 0.717) is 13.1 Å². The molecule has 0 aliphatic rings. The number of rotatable bonds is 6. The molecule has 84 valence electrons. The lowest BCUT2D eigenvalue weighted by Crippen LogP contribution is -2.31. The summed E-state index contributed by atoms with van der Waals surface area (Å²) in [5.74, 6) is 0.133. The molecule has 0 fully saturated rings. The molecule has 0 aromatic carbocycles. The van der Waals surface area contributed by atoms with E-state index in [1.807, 2.05) is 12.3 Å². The van der Waals surface area contributed by atoms with Crippen molar-refractivity contribution in [3.8, 4) is 0 Å². The molecule has 0 radical (unpaired) electrons. The highest BCUT2D eigenvalue weighted by atomic mass is 32.1. The maximum Gasteiger partial charge on any atom is 0.222 e. The Labute approximate surface area is 94.7 Å². The van der Waals surface area contributed by atoms with Gasteiger partial charge < -0.3 is 11.1 Å². The first-order valence-electron chi connectivity index (χ1n) is 5.23. The summed E-state index contributed by atoms with van der Waals surface area (Å²) in [4.78, 5) is 11.5. The molecule has 0 aliphatic heterocycles. The summed E-state index contributed by atoms with van der Waals surface area (Å²) >= 11 is 1.68. The number of carbonyl (C=O) groups excluding carboxylic acids is 1. The van der Waals surface area contributed by atoms with E-state index >= 15 is 0 Å². The minimum Gasteiger partial charge on any atom is -0.356 e. The summed E-state index contributed by atoms with van der Waals surface area (Å²) in [7, 11) is 0. The summed E-state index contributed by atoms with van der Waals surface area (Å²) in [6.07, 6.45) is 1.66. The second-order valence-corrected chi connectivity index (χ2v) is 4.43. The first-order valence-corrected chi connectivity index (χ1v) is 6.17. The van der Waals surface area contributed by atoms with Gasteiger partial charge in [-0.1, -0.05) is 6.92 Å². The fourth-order valence-electron chi connectivity index (χ4n) is 1.32. The summed E-state index contributed by atoms with van der Waals surface area (Å²) in [6.45, 7) is 3.19. The van der Waals surface area contributed by atoms with Gasteiger partial charge in [-0.2, -0.15) is 11.3 Å². The molecule has 1 rings (SSSR count). The van der Waals surface area contributed by atoms with Crippen molar-refractivity contribution in [2.75, 3.05) is 13.1 Å². The van der Waals surface area contributed by atoms with Crippen molar-refractivity contribution in [2.24, 2.45) is 11.7 Å². The third kappa shape index (κ3) is 4.44. The molecule has 1 aromatic heterocycles. The van der Waals surface area contributed by atoms with Gasteiger partial charge in [-0.05, 0) is 41.8 Å². The van der Waals surface area contributed by atoms with Crippen molar-refractivity contribution < 1.29 is 4.79 Å². The van der Waals surface area contributed by atoms with E-state index in [0.717, 1.165) is 12.8 Å². The molecule has 0 aliphatic carbocycles. The molecule has 0 saturated carbocycles. The van der Waals surface area contributed by atoms with Gasteiger partial charge in [0.25, 0.3) is 0 Å². The van der Waals surface area contributed by atoms with E-state index in [9.17, 15) is 4.79 Å². The Bertz CT molecular complexity index is 285. The molecule has 15 heavy (non-hydrogen) atoms. The molecule has 1 unspecified atom stereocenters. The standard InChI is InChI=1S/C11H18N2OS/c1-9(2-5-12)11(14)13-6-3-10-4-7-15-8-10/h4,7-9H,2-3,5-6,12H2,1H3,(H,13,14). The molecule has 3 nitrogen and oxygen atoms in total. The highest BCUT2D eigenvalue weighted by Gasteiger charge is 2.10. The fourth-order valence-corrected chi connectivity index (χ4v) is 2.02. The van der Waals surface area contributed by atoms with Crippen LogP contribution < -0.4 is 11.1 Å². The molecule has 1 heterocycles. The van der Waals surface area contributed by atoms with Crippen LogP contribution in [0.2, 0.25) is 0 Å². The maximum absolute atomic E-state index is 11.5. The highest BCUT2D eigenvalue weighted by Crippen LogP contribution is 2.06. The lowest BCUT2D eigenvalue weighted by atomic mass is 10.1. The Morgan fingerprint density at radius 2 is 2.47 bits per heavy atom. The molecule has 1 aromatic rings. The smallest absolute Gasteiger partial charge is 0.222 e. The van der Waals surface area contributed by atoms with E-state index in [-0.39, 0.29) is 11.8 Å². The van der Waals surface area contributed by atoms with Gasteiger partial charge in [0.1, 0.15) is 0 Å². The van der Waals surface area contributed by atoms with Gasteiger partial charge in [0, 0.05) is 12.5 Å². The van der Waals surface area contributed by atoms with Crippen LogP contribution in [0.15, 0.2) is 16.8 Å². The number of thiophene rings is 1. The van der Waals surface area contributed by atoms with Gasteiger partial charge in [0.15, 0.2) is 0 Å². The second kappa shape index (κ2) is 6.58.